The average molecular weight is 561 g/mol. The van der Waals surface area contributed by atoms with Crippen molar-refractivity contribution in [3.63, 3.8) is 0 Å². The number of H-pyrrole nitrogens is 1. The highest BCUT2D eigenvalue weighted by atomic mass is 127. The molecule has 1 aromatic heterocycles. The van der Waals surface area contributed by atoms with Crippen molar-refractivity contribution in [2.75, 3.05) is 40.0 Å². The van der Waals surface area contributed by atoms with Crippen molar-refractivity contribution in [2.24, 2.45) is 4.99 Å². The van der Waals surface area contributed by atoms with E-state index in [1.807, 2.05) is 25.2 Å². The number of ether oxygens (including phenoxy) is 2. The lowest BCUT2D eigenvalue weighted by atomic mass is 10.1. The van der Waals surface area contributed by atoms with Crippen LogP contribution in [0.3, 0.4) is 0 Å². The van der Waals surface area contributed by atoms with E-state index < -0.39 is 0 Å². The summed E-state index contributed by atoms with van der Waals surface area (Å²) in [7, 11) is 1.84. The second kappa shape index (κ2) is 10.8. The molecule has 0 unspecified atom stereocenters. The van der Waals surface area contributed by atoms with Crippen molar-refractivity contribution in [3.05, 3.63) is 59.9 Å². The molecule has 33 heavy (non-hydrogen) atoms. The molecule has 0 bridgehead atoms. The SMILES string of the molecule is CN=C(NCc1cccc(-c2ncn[nH]2)c1)N1CCN(Cc2ccc3c(c2)OCO3)CC1.I. The molecular weight excluding hydrogens is 533 g/mol. The molecule has 0 aliphatic carbocycles. The van der Waals surface area contributed by atoms with Gasteiger partial charge in [0, 0.05) is 51.9 Å². The maximum absolute atomic E-state index is 5.50. The first kappa shape index (κ1) is 23.3. The maximum Gasteiger partial charge on any atom is 0.231 e. The number of aromatic amines is 1. The molecule has 1 saturated heterocycles. The monoisotopic (exact) mass is 561 g/mol. The van der Waals surface area contributed by atoms with Crippen LogP contribution in [0.2, 0.25) is 0 Å². The van der Waals surface area contributed by atoms with Crippen LogP contribution < -0.4 is 14.8 Å². The lowest BCUT2D eigenvalue weighted by molar-refractivity contribution is 0.171. The van der Waals surface area contributed by atoms with Crippen LogP contribution >= 0.6 is 24.0 Å². The molecule has 2 aromatic carbocycles. The molecule has 0 radical (unpaired) electrons. The number of piperazine rings is 1. The normalized spacial score (nSPS) is 15.9. The molecule has 5 rings (SSSR count). The minimum Gasteiger partial charge on any atom is -0.454 e. The fourth-order valence-electron chi connectivity index (χ4n) is 4.10. The Hall–Kier alpha value is -2.86. The number of guanidine groups is 1. The number of benzene rings is 2. The van der Waals surface area contributed by atoms with Crippen molar-refractivity contribution >= 4 is 29.9 Å². The Morgan fingerprint density at radius 2 is 1.91 bits per heavy atom. The summed E-state index contributed by atoms with van der Waals surface area (Å²) in [6.45, 7) is 5.75. The third-order valence-electron chi connectivity index (χ3n) is 5.79. The third-order valence-corrected chi connectivity index (χ3v) is 5.79. The molecule has 3 heterocycles. The van der Waals surface area contributed by atoms with Gasteiger partial charge in [0.15, 0.2) is 23.3 Å². The number of aromatic nitrogens is 3. The van der Waals surface area contributed by atoms with Crippen LogP contribution in [0.15, 0.2) is 53.8 Å². The summed E-state index contributed by atoms with van der Waals surface area (Å²) in [4.78, 5) is 13.5. The Bertz CT molecular complexity index is 1080. The molecule has 0 amide bonds. The molecule has 3 aromatic rings. The van der Waals surface area contributed by atoms with Gasteiger partial charge in [0.05, 0.1) is 0 Å². The Kier molecular flexibility index (Phi) is 7.65. The summed E-state index contributed by atoms with van der Waals surface area (Å²) in [6.07, 6.45) is 1.52. The maximum atomic E-state index is 5.50. The summed E-state index contributed by atoms with van der Waals surface area (Å²) in [6, 6.07) is 14.5. The lowest BCUT2D eigenvalue weighted by Crippen LogP contribution is -2.52. The van der Waals surface area contributed by atoms with E-state index in [1.165, 1.54) is 17.5 Å². The second-order valence-electron chi connectivity index (χ2n) is 7.89. The third kappa shape index (κ3) is 5.56. The molecule has 9 nitrogen and oxygen atoms in total. The molecule has 10 heteroatoms. The van der Waals surface area contributed by atoms with Crippen molar-refractivity contribution in [1.82, 2.24) is 30.3 Å². The minimum absolute atomic E-state index is 0. The van der Waals surface area contributed by atoms with Gasteiger partial charge in [-0.15, -0.1) is 24.0 Å². The van der Waals surface area contributed by atoms with E-state index >= 15 is 0 Å². The molecule has 2 N–H and O–H groups in total. The Morgan fingerprint density at radius 1 is 1.06 bits per heavy atom. The summed E-state index contributed by atoms with van der Waals surface area (Å²) in [5.41, 5.74) is 3.44. The van der Waals surface area contributed by atoms with E-state index in [-0.39, 0.29) is 24.0 Å². The Labute approximate surface area is 210 Å². The minimum atomic E-state index is 0. The van der Waals surface area contributed by atoms with Crippen LogP contribution in [0.25, 0.3) is 11.4 Å². The van der Waals surface area contributed by atoms with Crippen LogP contribution in [-0.4, -0.2) is 71.0 Å². The number of hydrogen-bond acceptors (Lipinski definition) is 6. The van der Waals surface area contributed by atoms with Gasteiger partial charge in [-0.25, -0.2) is 4.98 Å². The van der Waals surface area contributed by atoms with Gasteiger partial charge in [-0.2, -0.15) is 5.10 Å². The number of rotatable bonds is 5. The van der Waals surface area contributed by atoms with Gasteiger partial charge in [0.1, 0.15) is 6.33 Å². The number of nitrogens with one attached hydrogen (secondary N) is 2. The van der Waals surface area contributed by atoms with Crippen molar-refractivity contribution in [2.45, 2.75) is 13.1 Å². The molecule has 0 atom stereocenters. The van der Waals surface area contributed by atoms with E-state index in [1.54, 1.807) is 0 Å². The fraction of sp³-hybridized carbons (Fsp3) is 0.348. The standard InChI is InChI=1S/C23H27N7O2.HI/c1-24-23(25-13-17-3-2-4-19(11-17)22-26-15-27-28-22)30-9-7-29(8-10-30)14-18-5-6-20-21(12-18)32-16-31-20;/h2-6,11-12,15H,7-10,13-14,16H2,1H3,(H,24,25)(H,26,27,28);1H. The fourth-order valence-corrected chi connectivity index (χ4v) is 4.10. The van der Waals surface area contributed by atoms with Crippen molar-refractivity contribution in [3.8, 4) is 22.9 Å². The number of aliphatic imine (C=N–C) groups is 1. The van der Waals surface area contributed by atoms with Crippen LogP contribution in [0, 0.1) is 0 Å². The quantitative estimate of drug-likeness (QED) is 0.281. The molecule has 0 saturated carbocycles. The molecular formula is C23H28IN7O2. The van der Waals surface area contributed by atoms with Gasteiger partial charge >= 0.3 is 0 Å². The van der Waals surface area contributed by atoms with E-state index in [0.29, 0.717) is 13.3 Å². The van der Waals surface area contributed by atoms with Gasteiger partial charge < -0.3 is 19.7 Å². The first-order valence-electron chi connectivity index (χ1n) is 10.8. The van der Waals surface area contributed by atoms with Crippen LogP contribution in [0.5, 0.6) is 11.5 Å². The van der Waals surface area contributed by atoms with E-state index in [9.17, 15) is 0 Å². The van der Waals surface area contributed by atoms with E-state index in [2.05, 4.69) is 59.6 Å². The summed E-state index contributed by atoms with van der Waals surface area (Å²) >= 11 is 0. The van der Waals surface area contributed by atoms with E-state index in [4.69, 9.17) is 9.47 Å². The van der Waals surface area contributed by atoms with Crippen molar-refractivity contribution < 1.29 is 9.47 Å². The zero-order chi connectivity index (χ0) is 21.8. The van der Waals surface area contributed by atoms with Gasteiger partial charge in [-0.1, -0.05) is 24.3 Å². The zero-order valence-electron chi connectivity index (χ0n) is 18.5. The summed E-state index contributed by atoms with van der Waals surface area (Å²) in [5, 5.41) is 10.3. The van der Waals surface area contributed by atoms with Gasteiger partial charge in [-0.05, 0) is 29.3 Å². The van der Waals surface area contributed by atoms with Crippen molar-refractivity contribution in [1.29, 1.82) is 0 Å². The first-order valence-corrected chi connectivity index (χ1v) is 10.8. The predicted octanol–water partition coefficient (Wildman–Crippen LogP) is 2.71. The van der Waals surface area contributed by atoms with Gasteiger partial charge in [-0.3, -0.25) is 15.0 Å². The zero-order valence-corrected chi connectivity index (χ0v) is 20.9. The highest BCUT2D eigenvalue weighted by Gasteiger charge is 2.21. The van der Waals surface area contributed by atoms with Crippen LogP contribution in [0.1, 0.15) is 11.1 Å². The topological polar surface area (TPSA) is 90.9 Å². The predicted molar refractivity (Wildman–Crippen MR) is 137 cm³/mol. The van der Waals surface area contributed by atoms with Gasteiger partial charge in [0.2, 0.25) is 6.79 Å². The van der Waals surface area contributed by atoms with Gasteiger partial charge in [0.25, 0.3) is 0 Å². The van der Waals surface area contributed by atoms with E-state index in [0.717, 1.165) is 61.6 Å². The Balaban J connectivity index is 0.00000259. The highest BCUT2D eigenvalue weighted by Crippen LogP contribution is 2.32. The average Bonchev–Trinajstić information content (AvgIpc) is 3.53. The molecule has 0 spiro atoms. The first-order chi connectivity index (χ1) is 15.8. The number of fused-ring (bicyclic) bond motifs is 1. The number of halogens is 1. The molecule has 2 aliphatic rings. The second-order valence-corrected chi connectivity index (χ2v) is 7.89. The van der Waals surface area contributed by atoms with Crippen LogP contribution in [0.4, 0.5) is 0 Å². The summed E-state index contributed by atoms with van der Waals surface area (Å²) < 4.78 is 10.9. The number of hydrogen-bond donors (Lipinski definition) is 2. The molecule has 2 aliphatic heterocycles. The van der Waals surface area contributed by atoms with Crippen LogP contribution in [-0.2, 0) is 13.1 Å². The Morgan fingerprint density at radius 3 is 2.70 bits per heavy atom. The molecule has 174 valence electrons. The smallest absolute Gasteiger partial charge is 0.231 e. The summed E-state index contributed by atoms with van der Waals surface area (Å²) in [5.74, 6) is 3.38. The molecule has 1 fully saturated rings. The highest BCUT2D eigenvalue weighted by molar-refractivity contribution is 14.0. The number of nitrogens with zero attached hydrogens (tertiary/aromatic N) is 5. The lowest BCUT2D eigenvalue weighted by Gasteiger charge is -2.36. The largest absolute Gasteiger partial charge is 0.454 e.